The number of nitrogens with zero attached hydrogens (tertiary/aromatic N) is 4. The molecule has 3 rings (SSSR count). The number of carbonyl (C=O) groups excluding carboxylic acids is 2. The first kappa shape index (κ1) is 19.2. The molecule has 8 nitrogen and oxygen atoms in total. The van der Waals surface area contributed by atoms with Gasteiger partial charge in [-0.15, -0.1) is 32.9 Å². The second-order valence-electron chi connectivity index (χ2n) is 5.76. The summed E-state index contributed by atoms with van der Waals surface area (Å²) < 4.78 is 1.94. The van der Waals surface area contributed by atoms with Crippen LogP contribution in [0.5, 0.6) is 0 Å². The SMILES string of the molecule is CCn1cnnc1CCNC(=O)Cc1csc(NC(=O)Cc2cccs2)n1. The van der Waals surface area contributed by atoms with Crippen LogP contribution in [0.15, 0.2) is 29.2 Å². The molecule has 0 saturated carbocycles. The number of carbonyl (C=O) groups is 2. The molecule has 0 spiro atoms. The van der Waals surface area contributed by atoms with Gasteiger partial charge in [0.05, 0.1) is 18.5 Å². The molecule has 10 heteroatoms. The van der Waals surface area contributed by atoms with E-state index in [-0.39, 0.29) is 18.2 Å². The molecule has 27 heavy (non-hydrogen) atoms. The molecule has 0 bridgehead atoms. The van der Waals surface area contributed by atoms with Crippen LogP contribution in [0.1, 0.15) is 23.3 Å². The zero-order chi connectivity index (χ0) is 19.1. The molecule has 0 atom stereocenters. The van der Waals surface area contributed by atoms with Gasteiger partial charge in [0, 0.05) is 29.8 Å². The van der Waals surface area contributed by atoms with E-state index in [0.717, 1.165) is 17.2 Å². The first-order chi connectivity index (χ1) is 13.1. The van der Waals surface area contributed by atoms with Gasteiger partial charge in [-0.25, -0.2) is 4.98 Å². The Hall–Kier alpha value is -2.59. The molecule has 3 aromatic rings. The number of thiazole rings is 1. The second-order valence-corrected chi connectivity index (χ2v) is 7.65. The molecule has 0 saturated heterocycles. The van der Waals surface area contributed by atoms with Crippen LogP contribution in [-0.2, 0) is 35.4 Å². The Balaban J connectivity index is 1.41. The molecule has 3 heterocycles. The van der Waals surface area contributed by atoms with Gasteiger partial charge in [0.1, 0.15) is 12.2 Å². The highest BCUT2D eigenvalue weighted by atomic mass is 32.1. The van der Waals surface area contributed by atoms with E-state index in [4.69, 9.17) is 0 Å². The van der Waals surface area contributed by atoms with Crippen molar-refractivity contribution < 1.29 is 9.59 Å². The zero-order valence-electron chi connectivity index (χ0n) is 14.8. The van der Waals surface area contributed by atoms with E-state index in [1.165, 1.54) is 11.3 Å². The van der Waals surface area contributed by atoms with Gasteiger partial charge < -0.3 is 15.2 Å². The number of anilines is 1. The van der Waals surface area contributed by atoms with E-state index in [1.807, 2.05) is 29.0 Å². The van der Waals surface area contributed by atoms with Crippen molar-refractivity contribution >= 4 is 39.6 Å². The minimum Gasteiger partial charge on any atom is -0.355 e. The van der Waals surface area contributed by atoms with Crippen molar-refractivity contribution in [3.05, 3.63) is 45.6 Å². The number of hydrogen-bond acceptors (Lipinski definition) is 7. The molecule has 0 aromatic carbocycles. The Bertz CT molecular complexity index is 887. The average Bonchev–Trinajstić information content (AvgIpc) is 3.37. The van der Waals surface area contributed by atoms with Crippen LogP contribution in [-0.4, -0.2) is 38.1 Å². The van der Waals surface area contributed by atoms with Gasteiger partial charge in [0.25, 0.3) is 0 Å². The van der Waals surface area contributed by atoms with Crippen LogP contribution in [0.3, 0.4) is 0 Å². The molecule has 0 unspecified atom stereocenters. The van der Waals surface area contributed by atoms with Gasteiger partial charge in [-0.1, -0.05) is 6.07 Å². The number of aromatic nitrogens is 4. The topological polar surface area (TPSA) is 102 Å². The van der Waals surface area contributed by atoms with Crippen LogP contribution in [0.4, 0.5) is 5.13 Å². The molecule has 0 fully saturated rings. The summed E-state index contributed by atoms with van der Waals surface area (Å²) in [4.78, 5) is 29.4. The van der Waals surface area contributed by atoms with Gasteiger partial charge >= 0.3 is 0 Å². The van der Waals surface area contributed by atoms with Gasteiger partial charge in [0.2, 0.25) is 11.8 Å². The number of aryl methyl sites for hydroxylation is 1. The van der Waals surface area contributed by atoms with E-state index in [1.54, 1.807) is 23.0 Å². The quantitative estimate of drug-likeness (QED) is 0.567. The van der Waals surface area contributed by atoms with Crippen molar-refractivity contribution in [2.75, 3.05) is 11.9 Å². The molecule has 0 aliphatic rings. The molecule has 142 valence electrons. The third kappa shape index (κ3) is 5.69. The molecule has 3 aromatic heterocycles. The summed E-state index contributed by atoms with van der Waals surface area (Å²) in [6.07, 6.45) is 2.81. The summed E-state index contributed by atoms with van der Waals surface area (Å²) in [7, 11) is 0. The number of nitrogens with one attached hydrogen (secondary N) is 2. The first-order valence-corrected chi connectivity index (χ1v) is 10.3. The summed E-state index contributed by atoms with van der Waals surface area (Å²) >= 11 is 2.86. The monoisotopic (exact) mass is 404 g/mol. The highest BCUT2D eigenvalue weighted by Crippen LogP contribution is 2.17. The Morgan fingerprint density at radius 1 is 1.22 bits per heavy atom. The van der Waals surface area contributed by atoms with Crippen LogP contribution < -0.4 is 10.6 Å². The largest absolute Gasteiger partial charge is 0.355 e. The molecule has 0 radical (unpaired) electrons. The Labute approximate surface area is 164 Å². The maximum absolute atomic E-state index is 12.1. The predicted molar refractivity (Wildman–Crippen MR) is 105 cm³/mol. The maximum atomic E-state index is 12.1. The molecule has 2 amide bonds. The van der Waals surface area contributed by atoms with Crippen LogP contribution >= 0.6 is 22.7 Å². The zero-order valence-corrected chi connectivity index (χ0v) is 16.5. The number of rotatable bonds is 9. The molecular formula is C17H20N6O2S2. The van der Waals surface area contributed by atoms with E-state index in [2.05, 4.69) is 25.8 Å². The molecular weight excluding hydrogens is 384 g/mol. The van der Waals surface area contributed by atoms with Crippen molar-refractivity contribution in [2.24, 2.45) is 0 Å². The number of hydrogen-bond donors (Lipinski definition) is 2. The fraction of sp³-hybridized carbons (Fsp3) is 0.353. The standard InChI is InChI=1S/C17H20N6O2S2/c1-2-23-11-19-22-14(23)5-6-18-15(24)8-12-10-27-17(20-12)21-16(25)9-13-4-3-7-26-13/h3-4,7,10-11H,2,5-6,8-9H2,1H3,(H,18,24)(H,20,21,25). The van der Waals surface area contributed by atoms with Crippen LogP contribution in [0, 0.1) is 0 Å². The lowest BCUT2D eigenvalue weighted by molar-refractivity contribution is -0.120. The molecule has 0 aliphatic heterocycles. The smallest absolute Gasteiger partial charge is 0.231 e. The lowest BCUT2D eigenvalue weighted by Gasteiger charge is -2.05. The van der Waals surface area contributed by atoms with Gasteiger partial charge in [-0.3, -0.25) is 9.59 Å². The highest BCUT2D eigenvalue weighted by Gasteiger charge is 2.11. The Kier molecular flexibility index (Phi) is 6.66. The van der Waals surface area contributed by atoms with Gasteiger partial charge in [-0.2, -0.15) is 0 Å². The summed E-state index contributed by atoms with van der Waals surface area (Å²) in [5.41, 5.74) is 0.639. The van der Waals surface area contributed by atoms with Gasteiger partial charge in [-0.05, 0) is 18.4 Å². The number of amides is 2. The van der Waals surface area contributed by atoms with E-state index >= 15 is 0 Å². The van der Waals surface area contributed by atoms with E-state index < -0.39 is 0 Å². The molecule has 2 N–H and O–H groups in total. The minimum atomic E-state index is -0.112. The lowest BCUT2D eigenvalue weighted by Crippen LogP contribution is -2.28. The second kappa shape index (κ2) is 9.38. The van der Waals surface area contributed by atoms with E-state index in [9.17, 15) is 9.59 Å². The lowest BCUT2D eigenvalue weighted by atomic mass is 10.3. The van der Waals surface area contributed by atoms with Crippen molar-refractivity contribution in [1.29, 1.82) is 0 Å². The average molecular weight is 405 g/mol. The normalized spacial score (nSPS) is 10.7. The van der Waals surface area contributed by atoms with Crippen molar-refractivity contribution in [3.63, 3.8) is 0 Å². The van der Waals surface area contributed by atoms with E-state index in [0.29, 0.717) is 30.2 Å². The summed E-state index contributed by atoms with van der Waals surface area (Å²) in [5.74, 6) is 0.629. The minimum absolute atomic E-state index is 0.108. The maximum Gasteiger partial charge on any atom is 0.231 e. The summed E-state index contributed by atoms with van der Waals surface area (Å²) in [5, 5.41) is 17.8. The highest BCUT2D eigenvalue weighted by molar-refractivity contribution is 7.14. The van der Waals surface area contributed by atoms with Gasteiger partial charge in [0.15, 0.2) is 5.13 Å². The Morgan fingerprint density at radius 3 is 2.89 bits per heavy atom. The fourth-order valence-corrected chi connectivity index (χ4v) is 3.89. The predicted octanol–water partition coefficient (Wildman–Crippen LogP) is 1.90. The first-order valence-electron chi connectivity index (χ1n) is 8.54. The third-order valence-electron chi connectivity index (χ3n) is 3.76. The summed E-state index contributed by atoms with van der Waals surface area (Å²) in [6.45, 7) is 3.31. The van der Waals surface area contributed by atoms with Crippen LogP contribution in [0.25, 0.3) is 0 Å². The fourth-order valence-electron chi connectivity index (χ4n) is 2.46. The third-order valence-corrected chi connectivity index (χ3v) is 5.44. The van der Waals surface area contributed by atoms with Crippen molar-refractivity contribution in [1.82, 2.24) is 25.1 Å². The van der Waals surface area contributed by atoms with Crippen LogP contribution in [0.2, 0.25) is 0 Å². The van der Waals surface area contributed by atoms with Crippen molar-refractivity contribution in [2.45, 2.75) is 32.7 Å². The summed E-state index contributed by atoms with van der Waals surface area (Å²) in [6, 6.07) is 3.84. The van der Waals surface area contributed by atoms with Crippen molar-refractivity contribution in [3.8, 4) is 0 Å². The number of thiophene rings is 1. The molecule has 0 aliphatic carbocycles. The Morgan fingerprint density at radius 2 is 2.11 bits per heavy atom.